The van der Waals surface area contributed by atoms with Crippen LogP contribution in [-0.2, 0) is 11.3 Å². The average Bonchev–Trinajstić information content (AvgIpc) is 3.18. The third-order valence-corrected chi connectivity index (χ3v) is 5.60. The number of thioether (sulfide) groups is 1. The summed E-state index contributed by atoms with van der Waals surface area (Å²) in [6, 6.07) is 9.98. The molecule has 0 unspecified atom stereocenters. The Labute approximate surface area is 158 Å². The lowest BCUT2D eigenvalue weighted by Crippen LogP contribution is -2.32. The van der Waals surface area contributed by atoms with Gasteiger partial charge in [0.25, 0.3) is 5.24 Å². The SMILES string of the molecule is Cc1nn(-c2ccccc2)c(C)c1CN(C)C(=O)CCN1CCSC1=O. The van der Waals surface area contributed by atoms with Crippen molar-refractivity contribution in [2.24, 2.45) is 0 Å². The first-order chi connectivity index (χ1) is 12.5. The highest BCUT2D eigenvalue weighted by molar-refractivity contribution is 8.13. The van der Waals surface area contributed by atoms with Gasteiger partial charge in [0, 0.05) is 50.1 Å². The number of carbonyl (C=O) groups excluding carboxylic acids is 2. The maximum absolute atomic E-state index is 12.5. The second-order valence-electron chi connectivity index (χ2n) is 6.50. The molecule has 0 N–H and O–H groups in total. The van der Waals surface area contributed by atoms with Crippen molar-refractivity contribution in [3.63, 3.8) is 0 Å². The molecule has 0 saturated carbocycles. The molecule has 0 spiro atoms. The van der Waals surface area contributed by atoms with E-state index in [0.717, 1.165) is 34.9 Å². The van der Waals surface area contributed by atoms with Gasteiger partial charge in [-0.1, -0.05) is 30.0 Å². The minimum atomic E-state index is 0.0426. The van der Waals surface area contributed by atoms with Crippen LogP contribution in [0, 0.1) is 13.8 Å². The zero-order valence-corrected chi connectivity index (χ0v) is 16.3. The van der Waals surface area contributed by atoms with Crippen molar-refractivity contribution in [2.45, 2.75) is 26.8 Å². The van der Waals surface area contributed by atoms with Gasteiger partial charge in [-0.25, -0.2) is 4.68 Å². The molecular weight excluding hydrogens is 348 g/mol. The number of carbonyl (C=O) groups is 2. The van der Waals surface area contributed by atoms with E-state index in [0.29, 0.717) is 19.5 Å². The number of hydrogen-bond acceptors (Lipinski definition) is 4. The van der Waals surface area contributed by atoms with E-state index in [9.17, 15) is 9.59 Å². The summed E-state index contributed by atoms with van der Waals surface area (Å²) in [5.74, 6) is 0.862. The molecule has 138 valence electrons. The third kappa shape index (κ3) is 3.93. The van der Waals surface area contributed by atoms with E-state index in [1.54, 1.807) is 9.80 Å². The molecule has 26 heavy (non-hydrogen) atoms. The highest BCUT2D eigenvalue weighted by atomic mass is 32.2. The van der Waals surface area contributed by atoms with Gasteiger partial charge in [0.1, 0.15) is 0 Å². The molecule has 2 amide bonds. The van der Waals surface area contributed by atoms with E-state index in [4.69, 9.17) is 0 Å². The Morgan fingerprint density at radius 2 is 2.00 bits per heavy atom. The summed E-state index contributed by atoms with van der Waals surface area (Å²) in [4.78, 5) is 27.6. The molecule has 0 radical (unpaired) electrons. The summed E-state index contributed by atoms with van der Waals surface area (Å²) >= 11 is 1.32. The van der Waals surface area contributed by atoms with Gasteiger partial charge in [-0.05, 0) is 26.0 Å². The van der Waals surface area contributed by atoms with Crippen LogP contribution in [0.3, 0.4) is 0 Å². The first-order valence-corrected chi connectivity index (χ1v) is 9.72. The van der Waals surface area contributed by atoms with Gasteiger partial charge < -0.3 is 9.80 Å². The zero-order chi connectivity index (χ0) is 18.7. The number of aryl methyl sites for hydroxylation is 1. The molecule has 0 atom stereocenters. The van der Waals surface area contributed by atoms with Crippen molar-refractivity contribution < 1.29 is 9.59 Å². The predicted molar refractivity (Wildman–Crippen MR) is 104 cm³/mol. The van der Waals surface area contributed by atoms with Crippen LogP contribution >= 0.6 is 11.8 Å². The smallest absolute Gasteiger partial charge is 0.281 e. The van der Waals surface area contributed by atoms with Crippen LogP contribution in [0.5, 0.6) is 0 Å². The van der Waals surface area contributed by atoms with E-state index >= 15 is 0 Å². The largest absolute Gasteiger partial charge is 0.341 e. The van der Waals surface area contributed by atoms with E-state index in [-0.39, 0.29) is 11.1 Å². The van der Waals surface area contributed by atoms with Gasteiger partial charge in [-0.2, -0.15) is 5.10 Å². The van der Waals surface area contributed by atoms with Crippen LogP contribution in [0.2, 0.25) is 0 Å². The monoisotopic (exact) mass is 372 g/mol. The van der Waals surface area contributed by atoms with Crippen LogP contribution in [0.15, 0.2) is 30.3 Å². The highest BCUT2D eigenvalue weighted by Gasteiger charge is 2.23. The summed E-state index contributed by atoms with van der Waals surface area (Å²) in [7, 11) is 1.81. The van der Waals surface area contributed by atoms with Crippen molar-refractivity contribution in [1.29, 1.82) is 0 Å². The minimum absolute atomic E-state index is 0.0426. The van der Waals surface area contributed by atoms with Gasteiger partial charge in [0.15, 0.2) is 0 Å². The maximum Gasteiger partial charge on any atom is 0.281 e. The predicted octanol–water partition coefficient (Wildman–Crippen LogP) is 3.01. The fourth-order valence-electron chi connectivity index (χ4n) is 3.10. The number of hydrogen-bond donors (Lipinski definition) is 0. The lowest BCUT2D eigenvalue weighted by molar-refractivity contribution is -0.130. The Balaban J connectivity index is 1.65. The van der Waals surface area contributed by atoms with Gasteiger partial charge in [-0.15, -0.1) is 0 Å². The first-order valence-electron chi connectivity index (χ1n) is 8.73. The molecule has 7 heteroatoms. The summed E-state index contributed by atoms with van der Waals surface area (Å²) in [5.41, 5.74) is 4.05. The third-order valence-electron chi connectivity index (χ3n) is 4.70. The van der Waals surface area contributed by atoms with E-state index < -0.39 is 0 Å². The number of amides is 2. The number of para-hydroxylation sites is 1. The first kappa shape index (κ1) is 18.5. The molecule has 1 aromatic heterocycles. The molecule has 2 aromatic rings. The topological polar surface area (TPSA) is 58.4 Å². The fourth-order valence-corrected chi connectivity index (χ4v) is 3.95. The average molecular weight is 372 g/mol. The lowest BCUT2D eigenvalue weighted by atomic mass is 10.2. The van der Waals surface area contributed by atoms with Crippen molar-refractivity contribution >= 4 is 22.9 Å². The molecule has 1 saturated heterocycles. The van der Waals surface area contributed by atoms with E-state index in [1.807, 2.05) is 55.9 Å². The molecule has 0 aliphatic carbocycles. The molecule has 6 nitrogen and oxygen atoms in total. The number of benzene rings is 1. The van der Waals surface area contributed by atoms with Crippen LogP contribution < -0.4 is 0 Å². The summed E-state index contributed by atoms with van der Waals surface area (Å²) < 4.78 is 1.92. The normalized spacial score (nSPS) is 14.1. The molecule has 1 aromatic carbocycles. The Morgan fingerprint density at radius 3 is 2.65 bits per heavy atom. The van der Waals surface area contributed by atoms with Gasteiger partial charge in [0.05, 0.1) is 11.4 Å². The van der Waals surface area contributed by atoms with Crippen molar-refractivity contribution in [2.75, 3.05) is 25.9 Å². The van der Waals surface area contributed by atoms with Crippen molar-refractivity contribution in [1.82, 2.24) is 19.6 Å². The van der Waals surface area contributed by atoms with Crippen molar-refractivity contribution in [3.8, 4) is 5.69 Å². The molecular formula is C19H24N4O2S. The van der Waals surface area contributed by atoms with Crippen molar-refractivity contribution in [3.05, 3.63) is 47.3 Å². The minimum Gasteiger partial charge on any atom is -0.341 e. The van der Waals surface area contributed by atoms with Gasteiger partial charge in [0.2, 0.25) is 5.91 Å². The Morgan fingerprint density at radius 1 is 1.27 bits per heavy atom. The lowest BCUT2D eigenvalue weighted by Gasteiger charge is -2.20. The standard InChI is InChI=1S/C19H24N4O2S/c1-14-17(15(2)23(20-14)16-7-5-4-6-8-16)13-21(3)18(24)9-10-22-11-12-26-19(22)25/h4-8H,9-13H2,1-3H3. The summed E-state index contributed by atoms with van der Waals surface area (Å²) in [6.07, 6.45) is 0.355. The quantitative estimate of drug-likeness (QED) is 0.782. The Kier molecular flexibility index (Phi) is 5.66. The fraction of sp³-hybridized carbons (Fsp3) is 0.421. The molecule has 0 bridgehead atoms. The van der Waals surface area contributed by atoms with E-state index in [1.165, 1.54) is 11.8 Å². The zero-order valence-electron chi connectivity index (χ0n) is 15.4. The molecule has 1 fully saturated rings. The molecule has 3 rings (SSSR count). The van der Waals surface area contributed by atoms with Gasteiger partial charge >= 0.3 is 0 Å². The van der Waals surface area contributed by atoms with E-state index in [2.05, 4.69) is 5.10 Å². The Bertz CT molecular complexity index is 803. The highest BCUT2D eigenvalue weighted by Crippen LogP contribution is 2.20. The Hall–Kier alpha value is -2.28. The second kappa shape index (κ2) is 7.95. The second-order valence-corrected chi connectivity index (χ2v) is 7.54. The molecule has 2 heterocycles. The van der Waals surface area contributed by atoms with Gasteiger partial charge in [-0.3, -0.25) is 9.59 Å². The maximum atomic E-state index is 12.5. The number of rotatable bonds is 6. The number of aromatic nitrogens is 2. The van der Waals surface area contributed by atoms with Crippen LogP contribution in [0.25, 0.3) is 5.69 Å². The van der Waals surface area contributed by atoms with Crippen LogP contribution in [0.1, 0.15) is 23.4 Å². The van der Waals surface area contributed by atoms with Crippen LogP contribution in [-0.4, -0.2) is 56.6 Å². The van der Waals surface area contributed by atoms with Crippen LogP contribution in [0.4, 0.5) is 4.79 Å². The molecule has 1 aliphatic heterocycles. The summed E-state index contributed by atoms with van der Waals surface area (Å²) in [5, 5.41) is 4.71. The number of nitrogens with zero attached hydrogens (tertiary/aromatic N) is 4. The summed E-state index contributed by atoms with van der Waals surface area (Å²) in [6.45, 7) is 5.76. The molecule has 1 aliphatic rings.